The molecule has 1 heterocycles. The van der Waals surface area contributed by atoms with Crippen LogP contribution in [0.3, 0.4) is 0 Å². The van der Waals surface area contributed by atoms with Gasteiger partial charge in [-0.05, 0) is 55.9 Å². The van der Waals surface area contributed by atoms with E-state index in [1.54, 1.807) is 4.90 Å². The van der Waals surface area contributed by atoms with Crippen LogP contribution >= 0.6 is 0 Å². The Kier molecular flexibility index (Phi) is 4.39. The molecule has 0 radical (unpaired) electrons. The van der Waals surface area contributed by atoms with Crippen LogP contribution in [0.2, 0.25) is 0 Å². The molecule has 136 valence electrons. The van der Waals surface area contributed by atoms with Crippen molar-refractivity contribution in [2.75, 3.05) is 37.4 Å². The molecule has 0 aromatic heterocycles. The summed E-state index contributed by atoms with van der Waals surface area (Å²) >= 11 is 0. The fraction of sp³-hybridized carbons (Fsp3) is 0.579. The molecular formula is C19H27N3O3. The van der Waals surface area contributed by atoms with E-state index in [-0.39, 0.29) is 11.9 Å². The van der Waals surface area contributed by atoms with E-state index in [9.17, 15) is 14.7 Å². The number of hydrogen-bond acceptors (Lipinski definition) is 3. The normalized spacial score (nSPS) is 25.0. The van der Waals surface area contributed by atoms with Crippen molar-refractivity contribution < 1.29 is 14.7 Å². The lowest BCUT2D eigenvalue weighted by molar-refractivity contribution is -0.149. The zero-order chi connectivity index (χ0) is 18.4. The Bertz CT molecular complexity index is 693. The van der Waals surface area contributed by atoms with Crippen LogP contribution in [-0.2, 0) is 4.79 Å². The fourth-order valence-corrected chi connectivity index (χ4v) is 4.38. The molecule has 2 atom stereocenters. The molecule has 2 fully saturated rings. The third kappa shape index (κ3) is 2.94. The van der Waals surface area contributed by atoms with Crippen molar-refractivity contribution in [3.05, 3.63) is 23.3 Å². The number of hydrogen-bond donors (Lipinski definition) is 2. The van der Waals surface area contributed by atoms with E-state index in [4.69, 9.17) is 0 Å². The average Bonchev–Trinajstić information content (AvgIpc) is 3.08. The molecule has 0 unspecified atom stereocenters. The number of nitrogens with zero attached hydrogens (tertiary/aromatic N) is 2. The second-order valence-electron chi connectivity index (χ2n) is 7.71. The van der Waals surface area contributed by atoms with Gasteiger partial charge >= 0.3 is 12.0 Å². The zero-order valence-corrected chi connectivity index (χ0v) is 15.4. The Hall–Kier alpha value is -2.24. The number of anilines is 2. The van der Waals surface area contributed by atoms with E-state index in [0.29, 0.717) is 19.5 Å². The smallest absolute Gasteiger partial charge is 0.321 e. The highest BCUT2D eigenvalue weighted by Crippen LogP contribution is 2.49. The SMILES string of the molecule is Cc1cc(N(C)C)cc(C)c1NC(=O)N1C[C@@H]2CCC[C@@]2(C(=O)O)C1. The largest absolute Gasteiger partial charge is 0.481 e. The highest BCUT2D eigenvalue weighted by atomic mass is 16.4. The van der Waals surface area contributed by atoms with E-state index in [0.717, 1.165) is 35.3 Å². The Balaban J connectivity index is 1.77. The van der Waals surface area contributed by atoms with Crippen LogP contribution < -0.4 is 10.2 Å². The number of carbonyl (C=O) groups is 2. The lowest BCUT2D eigenvalue weighted by Gasteiger charge is -2.24. The first-order valence-corrected chi connectivity index (χ1v) is 8.82. The number of carboxylic acid groups (broad SMARTS) is 1. The van der Waals surface area contributed by atoms with Gasteiger partial charge in [-0.1, -0.05) is 6.42 Å². The Morgan fingerprint density at radius 2 is 1.92 bits per heavy atom. The topological polar surface area (TPSA) is 72.9 Å². The monoisotopic (exact) mass is 345 g/mol. The fourth-order valence-electron chi connectivity index (χ4n) is 4.38. The minimum absolute atomic E-state index is 0.0778. The van der Waals surface area contributed by atoms with Gasteiger partial charge in [0.15, 0.2) is 0 Å². The standard InChI is InChI=1S/C19H27N3O3/c1-12-8-15(21(3)4)9-13(2)16(12)20-18(25)22-10-14-6-5-7-19(14,11-22)17(23)24/h8-9,14H,5-7,10-11H2,1-4H3,(H,20,25)(H,23,24)/t14-,19+/m0/s1. The predicted molar refractivity (Wildman–Crippen MR) is 98.2 cm³/mol. The molecule has 1 aromatic carbocycles. The molecule has 6 heteroatoms. The molecule has 2 amide bonds. The summed E-state index contributed by atoms with van der Waals surface area (Å²) in [6, 6.07) is 3.89. The minimum atomic E-state index is -0.756. The number of likely N-dealkylation sites (tertiary alicyclic amines) is 1. The van der Waals surface area contributed by atoms with Gasteiger partial charge in [0.05, 0.1) is 5.41 Å². The number of amides is 2. The Morgan fingerprint density at radius 3 is 2.44 bits per heavy atom. The van der Waals surface area contributed by atoms with Crippen molar-refractivity contribution in [2.45, 2.75) is 33.1 Å². The second-order valence-corrected chi connectivity index (χ2v) is 7.71. The molecule has 6 nitrogen and oxygen atoms in total. The number of fused-ring (bicyclic) bond motifs is 1. The van der Waals surface area contributed by atoms with Gasteiger partial charge in [-0.2, -0.15) is 0 Å². The molecular weight excluding hydrogens is 318 g/mol. The van der Waals surface area contributed by atoms with Crippen LogP contribution in [0.25, 0.3) is 0 Å². The zero-order valence-electron chi connectivity index (χ0n) is 15.4. The summed E-state index contributed by atoms with van der Waals surface area (Å²) in [6.45, 7) is 4.80. The van der Waals surface area contributed by atoms with E-state index < -0.39 is 11.4 Å². The number of carbonyl (C=O) groups excluding carboxylic acids is 1. The maximum atomic E-state index is 12.7. The number of aryl methyl sites for hydroxylation is 2. The van der Waals surface area contributed by atoms with Gasteiger partial charge in [0, 0.05) is 38.6 Å². The molecule has 0 bridgehead atoms. The number of aliphatic carboxylic acids is 1. The molecule has 1 aromatic rings. The third-order valence-corrected chi connectivity index (χ3v) is 5.85. The lowest BCUT2D eigenvalue weighted by Crippen LogP contribution is -2.38. The molecule has 1 aliphatic carbocycles. The Labute approximate surface area is 148 Å². The van der Waals surface area contributed by atoms with Crippen molar-refractivity contribution in [1.29, 1.82) is 0 Å². The van der Waals surface area contributed by atoms with Crippen LogP contribution in [0.4, 0.5) is 16.2 Å². The van der Waals surface area contributed by atoms with E-state index in [1.807, 2.05) is 45.0 Å². The van der Waals surface area contributed by atoms with Crippen molar-refractivity contribution in [2.24, 2.45) is 11.3 Å². The minimum Gasteiger partial charge on any atom is -0.481 e. The van der Waals surface area contributed by atoms with E-state index in [2.05, 4.69) is 5.32 Å². The number of benzene rings is 1. The van der Waals surface area contributed by atoms with Gasteiger partial charge < -0.3 is 20.2 Å². The van der Waals surface area contributed by atoms with Crippen LogP contribution in [-0.4, -0.2) is 49.2 Å². The molecule has 25 heavy (non-hydrogen) atoms. The van der Waals surface area contributed by atoms with Crippen LogP contribution in [0.1, 0.15) is 30.4 Å². The predicted octanol–water partition coefficient (Wildman–Crippen LogP) is 3.09. The second kappa shape index (κ2) is 6.24. The first-order valence-electron chi connectivity index (χ1n) is 8.82. The summed E-state index contributed by atoms with van der Waals surface area (Å²) in [5, 5.41) is 12.7. The lowest BCUT2D eigenvalue weighted by atomic mass is 9.81. The molecule has 2 aliphatic rings. The number of rotatable bonds is 3. The van der Waals surface area contributed by atoms with Gasteiger partial charge in [-0.3, -0.25) is 4.79 Å². The maximum Gasteiger partial charge on any atom is 0.321 e. The highest BCUT2D eigenvalue weighted by molar-refractivity contribution is 5.92. The summed E-state index contributed by atoms with van der Waals surface area (Å²) < 4.78 is 0. The Morgan fingerprint density at radius 1 is 1.28 bits per heavy atom. The van der Waals surface area contributed by atoms with Crippen LogP contribution in [0, 0.1) is 25.2 Å². The molecule has 3 rings (SSSR count). The van der Waals surface area contributed by atoms with E-state index >= 15 is 0 Å². The number of carboxylic acids is 1. The van der Waals surface area contributed by atoms with Crippen molar-refractivity contribution in [3.63, 3.8) is 0 Å². The highest BCUT2D eigenvalue weighted by Gasteiger charge is 2.55. The summed E-state index contributed by atoms with van der Waals surface area (Å²) in [7, 11) is 3.97. The van der Waals surface area contributed by atoms with Crippen molar-refractivity contribution in [3.8, 4) is 0 Å². The van der Waals surface area contributed by atoms with Crippen molar-refractivity contribution >= 4 is 23.4 Å². The van der Waals surface area contributed by atoms with Gasteiger partial charge in [0.2, 0.25) is 0 Å². The summed E-state index contributed by atoms with van der Waals surface area (Å²) in [5.41, 5.74) is 3.18. The van der Waals surface area contributed by atoms with Gasteiger partial charge in [0.25, 0.3) is 0 Å². The van der Waals surface area contributed by atoms with Crippen LogP contribution in [0.5, 0.6) is 0 Å². The van der Waals surface area contributed by atoms with E-state index in [1.165, 1.54) is 0 Å². The summed E-state index contributed by atoms with van der Waals surface area (Å²) in [5.74, 6) is -0.679. The van der Waals surface area contributed by atoms with Gasteiger partial charge in [-0.15, -0.1) is 0 Å². The van der Waals surface area contributed by atoms with Crippen molar-refractivity contribution in [1.82, 2.24) is 4.90 Å². The van der Waals surface area contributed by atoms with Crippen LogP contribution in [0.15, 0.2) is 12.1 Å². The number of nitrogens with one attached hydrogen (secondary N) is 1. The third-order valence-electron chi connectivity index (χ3n) is 5.85. The first-order chi connectivity index (χ1) is 11.7. The van der Waals surface area contributed by atoms with Gasteiger partial charge in [-0.25, -0.2) is 4.79 Å². The first kappa shape index (κ1) is 17.6. The molecule has 1 saturated heterocycles. The molecule has 2 N–H and O–H groups in total. The average molecular weight is 345 g/mol. The summed E-state index contributed by atoms with van der Waals surface area (Å²) in [4.78, 5) is 28.2. The molecule has 1 aliphatic heterocycles. The molecule has 0 spiro atoms. The summed E-state index contributed by atoms with van der Waals surface area (Å²) in [6.07, 6.45) is 2.51. The quantitative estimate of drug-likeness (QED) is 0.883. The number of urea groups is 1. The maximum absolute atomic E-state index is 12.7. The molecule has 1 saturated carbocycles. The van der Waals surface area contributed by atoms with Gasteiger partial charge in [0.1, 0.15) is 0 Å².